The van der Waals surface area contributed by atoms with Crippen molar-refractivity contribution in [1.82, 2.24) is 14.7 Å². The summed E-state index contributed by atoms with van der Waals surface area (Å²) in [7, 11) is 1.85. The molecule has 2 aromatic rings. The number of nitrogens with zero attached hydrogens (tertiary/aromatic N) is 3. The van der Waals surface area contributed by atoms with E-state index in [9.17, 15) is 9.59 Å². The minimum atomic E-state index is -0.519. The number of hydrogen-bond donors (Lipinski definition) is 1. The van der Waals surface area contributed by atoms with Gasteiger partial charge in [0.25, 0.3) is 5.91 Å². The van der Waals surface area contributed by atoms with Gasteiger partial charge in [-0.25, -0.2) is 0 Å². The molecule has 2 N–H and O–H groups in total. The Morgan fingerprint density at radius 2 is 2.32 bits per heavy atom. The van der Waals surface area contributed by atoms with Crippen molar-refractivity contribution < 1.29 is 14.0 Å². The molecule has 1 unspecified atom stereocenters. The smallest absolute Gasteiger partial charge is 0.257 e. The summed E-state index contributed by atoms with van der Waals surface area (Å²) in [5, 5.41) is 4.17. The molecule has 0 bridgehead atoms. The van der Waals surface area contributed by atoms with Crippen molar-refractivity contribution in [2.24, 2.45) is 12.8 Å². The third kappa shape index (κ3) is 2.61. The Kier molecular flexibility index (Phi) is 3.70. The monoisotopic (exact) mass is 302 g/mol. The number of hydrogen-bond acceptors (Lipinski definition) is 4. The van der Waals surface area contributed by atoms with Crippen LogP contribution in [0.5, 0.6) is 0 Å². The molecule has 0 radical (unpaired) electrons. The normalized spacial score (nSPS) is 17.9. The van der Waals surface area contributed by atoms with Crippen LogP contribution in [0, 0.1) is 0 Å². The van der Waals surface area contributed by atoms with Crippen molar-refractivity contribution in [3.63, 3.8) is 0 Å². The number of carbonyl (C=O) groups excluding carboxylic acids is 2. The van der Waals surface area contributed by atoms with Crippen LogP contribution in [0.1, 0.15) is 40.6 Å². The summed E-state index contributed by atoms with van der Waals surface area (Å²) in [5.74, 6) is -0.320. The second-order valence-corrected chi connectivity index (χ2v) is 5.50. The molecule has 1 atom stereocenters. The van der Waals surface area contributed by atoms with Crippen molar-refractivity contribution in [2.75, 3.05) is 6.54 Å². The van der Waals surface area contributed by atoms with Crippen molar-refractivity contribution in [1.29, 1.82) is 0 Å². The van der Waals surface area contributed by atoms with Gasteiger partial charge in [0.15, 0.2) is 0 Å². The maximum Gasteiger partial charge on any atom is 0.257 e. The third-order valence-electron chi connectivity index (χ3n) is 3.93. The lowest BCUT2D eigenvalue weighted by molar-refractivity contribution is -0.117. The van der Waals surface area contributed by atoms with Crippen molar-refractivity contribution >= 4 is 11.8 Å². The summed E-state index contributed by atoms with van der Waals surface area (Å²) < 4.78 is 6.97. The minimum absolute atomic E-state index is 0.0116. The largest absolute Gasteiger partial charge is 0.468 e. The molecule has 1 aliphatic heterocycles. The highest BCUT2D eigenvalue weighted by molar-refractivity contribution is 5.96. The number of carbonyl (C=O) groups is 2. The van der Waals surface area contributed by atoms with Gasteiger partial charge in [0.2, 0.25) is 5.91 Å². The van der Waals surface area contributed by atoms with Crippen LogP contribution in [0.25, 0.3) is 0 Å². The molecule has 2 aromatic heterocycles. The number of primary amides is 1. The predicted molar refractivity (Wildman–Crippen MR) is 77.8 cm³/mol. The summed E-state index contributed by atoms with van der Waals surface area (Å²) in [6.07, 6.45) is 6.90. The average molecular weight is 302 g/mol. The van der Waals surface area contributed by atoms with E-state index < -0.39 is 5.91 Å². The highest BCUT2D eigenvalue weighted by Crippen LogP contribution is 2.33. The molecule has 0 aromatic carbocycles. The van der Waals surface area contributed by atoms with Gasteiger partial charge in [0.05, 0.1) is 30.5 Å². The molecule has 0 aliphatic carbocycles. The van der Waals surface area contributed by atoms with Crippen LogP contribution in [0.4, 0.5) is 0 Å². The molecule has 7 heteroatoms. The molecule has 1 aliphatic rings. The highest BCUT2D eigenvalue weighted by Gasteiger charge is 2.33. The molecule has 0 saturated carbocycles. The van der Waals surface area contributed by atoms with E-state index in [1.54, 1.807) is 16.9 Å². The van der Waals surface area contributed by atoms with Crippen molar-refractivity contribution in [2.45, 2.75) is 25.3 Å². The first-order chi connectivity index (χ1) is 10.6. The van der Waals surface area contributed by atoms with Gasteiger partial charge in [-0.1, -0.05) is 0 Å². The highest BCUT2D eigenvalue weighted by atomic mass is 16.3. The lowest BCUT2D eigenvalue weighted by Gasteiger charge is -2.23. The van der Waals surface area contributed by atoms with Gasteiger partial charge in [0.1, 0.15) is 5.76 Å². The molecule has 3 rings (SSSR count). The van der Waals surface area contributed by atoms with E-state index in [1.807, 2.05) is 18.1 Å². The SMILES string of the molecule is Cn1cc(C2CCCN2C(=O)c2ccoc2CC(N)=O)cn1. The third-order valence-corrected chi connectivity index (χ3v) is 3.93. The van der Waals surface area contributed by atoms with Gasteiger partial charge >= 0.3 is 0 Å². The molecule has 0 spiro atoms. The van der Waals surface area contributed by atoms with Crippen LogP contribution < -0.4 is 5.73 Å². The Morgan fingerprint density at radius 3 is 3.00 bits per heavy atom. The van der Waals surface area contributed by atoms with Gasteiger partial charge in [-0.2, -0.15) is 5.10 Å². The molecule has 22 heavy (non-hydrogen) atoms. The fourth-order valence-electron chi connectivity index (χ4n) is 2.95. The van der Waals surface area contributed by atoms with Gasteiger partial charge in [-0.3, -0.25) is 14.3 Å². The Balaban J connectivity index is 1.85. The molecule has 7 nitrogen and oxygen atoms in total. The Bertz CT molecular complexity index is 703. The first-order valence-corrected chi connectivity index (χ1v) is 7.20. The average Bonchev–Trinajstić information content (AvgIpc) is 3.16. The summed E-state index contributed by atoms with van der Waals surface area (Å²) in [6.45, 7) is 0.680. The molecule has 2 amide bonds. The number of furan rings is 1. The van der Waals surface area contributed by atoms with Gasteiger partial charge in [-0.05, 0) is 18.9 Å². The Labute approximate surface area is 127 Å². The lowest BCUT2D eigenvalue weighted by atomic mass is 10.1. The fraction of sp³-hybridized carbons (Fsp3) is 0.400. The van der Waals surface area contributed by atoms with Crippen LogP contribution >= 0.6 is 0 Å². The number of aromatic nitrogens is 2. The van der Waals surface area contributed by atoms with Crippen LogP contribution in [-0.2, 0) is 18.3 Å². The fourth-order valence-corrected chi connectivity index (χ4v) is 2.95. The molecular formula is C15H18N4O3. The van der Waals surface area contributed by atoms with Gasteiger partial charge in [-0.15, -0.1) is 0 Å². The zero-order chi connectivity index (χ0) is 15.7. The molecule has 1 fully saturated rings. The molecular weight excluding hydrogens is 284 g/mol. The number of likely N-dealkylation sites (tertiary alicyclic amines) is 1. The summed E-state index contributed by atoms with van der Waals surface area (Å²) in [6, 6.07) is 1.61. The Morgan fingerprint density at radius 1 is 1.50 bits per heavy atom. The van der Waals surface area contributed by atoms with Crippen molar-refractivity contribution in [3.05, 3.63) is 41.6 Å². The standard InChI is InChI=1S/C15H18N4O3/c1-18-9-10(8-17-18)12-3-2-5-19(12)15(21)11-4-6-22-13(11)7-14(16)20/h4,6,8-9,12H,2-3,5,7H2,1H3,(H2,16,20). The topological polar surface area (TPSA) is 94.4 Å². The van der Waals surface area contributed by atoms with E-state index >= 15 is 0 Å². The first-order valence-electron chi connectivity index (χ1n) is 7.20. The molecule has 3 heterocycles. The number of rotatable bonds is 4. The Hall–Kier alpha value is -2.57. The van der Waals surface area contributed by atoms with Crippen LogP contribution in [0.15, 0.2) is 29.1 Å². The van der Waals surface area contributed by atoms with Crippen molar-refractivity contribution in [3.8, 4) is 0 Å². The minimum Gasteiger partial charge on any atom is -0.468 e. The number of nitrogens with two attached hydrogens (primary N) is 1. The maximum absolute atomic E-state index is 12.8. The second kappa shape index (κ2) is 5.67. The predicted octanol–water partition coefficient (Wildman–Crippen LogP) is 1.02. The van der Waals surface area contributed by atoms with Gasteiger partial charge < -0.3 is 15.1 Å². The van der Waals surface area contributed by atoms with E-state index in [1.165, 1.54) is 6.26 Å². The zero-order valence-corrected chi connectivity index (χ0v) is 12.4. The van der Waals surface area contributed by atoms with Crippen LogP contribution in [-0.4, -0.2) is 33.0 Å². The van der Waals surface area contributed by atoms with Crippen LogP contribution in [0.2, 0.25) is 0 Å². The number of aryl methyl sites for hydroxylation is 1. The molecule has 116 valence electrons. The summed E-state index contributed by atoms with van der Waals surface area (Å²) in [4.78, 5) is 25.7. The van der Waals surface area contributed by atoms with Crippen LogP contribution in [0.3, 0.4) is 0 Å². The van der Waals surface area contributed by atoms with Gasteiger partial charge in [0, 0.05) is 25.4 Å². The van der Waals surface area contributed by atoms with E-state index in [-0.39, 0.29) is 18.4 Å². The molecule has 1 saturated heterocycles. The zero-order valence-electron chi connectivity index (χ0n) is 12.4. The summed E-state index contributed by atoms with van der Waals surface area (Å²) >= 11 is 0. The first kappa shape index (κ1) is 14.4. The summed E-state index contributed by atoms with van der Waals surface area (Å²) in [5.41, 5.74) is 6.63. The number of amides is 2. The van der Waals surface area contributed by atoms with E-state index in [4.69, 9.17) is 10.2 Å². The van der Waals surface area contributed by atoms with E-state index in [0.29, 0.717) is 17.9 Å². The van der Waals surface area contributed by atoms with E-state index in [0.717, 1.165) is 18.4 Å². The second-order valence-electron chi connectivity index (χ2n) is 5.50. The lowest BCUT2D eigenvalue weighted by Crippen LogP contribution is -2.31. The quantitative estimate of drug-likeness (QED) is 0.912. The maximum atomic E-state index is 12.8. The van der Waals surface area contributed by atoms with E-state index in [2.05, 4.69) is 5.10 Å².